The molecule has 6 aromatic rings. The molecule has 0 radical (unpaired) electrons. The summed E-state index contributed by atoms with van der Waals surface area (Å²) in [4.78, 5) is 25.1. The Morgan fingerprint density at radius 2 is 0.884 bits per heavy atom. The molecule has 0 bridgehead atoms. The maximum Gasteiger partial charge on any atom is 1.00 e. The molecule has 31 nitrogen and oxygen atoms in total. The van der Waals surface area contributed by atoms with Crippen LogP contribution in [0.15, 0.2) is 97.3 Å². The summed E-state index contributed by atoms with van der Waals surface area (Å²) in [6.07, 6.45) is -2.05. The predicted octanol–water partition coefficient (Wildman–Crippen LogP) is -13.5. The van der Waals surface area contributed by atoms with Crippen molar-refractivity contribution in [3.63, 3.8) is 0 Å². The normalized spacial score (nSPS) is 13.0. The standard InChI is InChI=1S/C45H54N12O19S5.5Na/c1-24-6-13-33(77-76-75-62)18-35(24)48-42-50-40(52-44(54-42)56(20-25(2)58)21-26(3)59)46-31-11-9-29(38(16-31)80(69,70)71)7-8-30-10-12-32(17-39(30)81(72,73)74)47-41-51-43(55-45(53-41)57(22-27(4)60)23-28(5)61)49-36-19-34(78(63,64)65)14-15-37(36)79(66,67)68;;;;;/h6-19,25-28,58-62H,20-23H2,1-5H3,(H,63,64,65)(H,66,67,68)(H,69,70,71)(H,72,73,74)(H2,46,48,50,52,54)(H2,47,49,51,53,55);;;;;/q;5*+1/p-5/b8-7+;;;;;. The second-order valence-corrected chi connectivity index (χ2v) is 24.0. The van der Waals surface area contributed by atoms with Crippen LogP contribution in [0.4, 0.5) is 58.4 Å². The van der Waals surface area contributed by atoms with Crippen molar-refractivity contribution in [1.29, 1.82) is 0 Å². The van der Waals surface area contributed by atoms with Gasteiger partial charge in [-0.15, -0.1) is 0 Å². The molecule has 0 aliphatic carbocycles. The Morgan fingerprint density at radius 1 is 0.500 bits per heavy atom. The minimum Gasteiger partial charge on any atom is -0.744 e. The molecule has 2 heterocycles. The zero-order chi connectivity index (χ0) is 59.8. The van der Waals surface area contributed by atoms with Crippen LogP contribution >= 0.6 is 12.0 Å². The molecule has 0 aliphatic heterocycles. The van der Waals surface area contributed by atoms with Crippen LogP contribution in [0.1, 0.15) is 44.4 Å². The van der Waals surface area contributed by atoms with Gasteiger partial charge >= 0.3 is 148 Å². The number of aliphatic hydroxyl groups excluding tert-OH is 4. The summed E-state index contributed by atoms with van der Waals surface area (Å²) in [6, 6.07) is 13.0. The van der Waals surface area contributed by atoms with Gasteiger partial charge in [-0.25, -0.2) is 33.7 Å². The first-order valence-corrected chi connectivity index (χ1v) is 29.6. The average Bonchev–Trinajstić information content (AvgIpc) is 3.54. The third-order valence-electron chi connectivity index (χ3n) is 10.6. The Morgan fingerprint density at radius 3 is 1.24 bits per heavy atom. The number of hydrogen-bond acceptors (Lipinski definition) is 32. The van der Waals surface area contributed by atoms with Gasteiger partial charge in [-0.1, -0.05) is 30.4 Å². The topological polar surface area (TPSA) is 483 Å². The summed E-state index contributed by atoms with van der Waals surface area (Å²) in [5.74, 6) is -1.95. The molecule has 0 spiro atoms. The molecule has 0 aliphatic rings. The van der Waals surface area contributed by atoms with Gasteiger partial charge in [0, 0.05) is 48.1 Å². The summed E-state index contributed by atoms with van der Waals surface area (Å²) in [7, 11) is -21.4. The fraction of sp³-hybridized carbons (Fsp3) is 0.289. The van der Waals surface area contributed by atoms with E-state index in [1.165, 1.54) is 49.6 Å². The molecular formula is C45H49N12Na5O19S5. The van der Waals surface area contributed by atoms with E-state index in [0.717, 1.165) is 36.4 Å². The van der Waals surface area contributed by atoms with Gasteiger partial charge in [0.1, 0.15) is 40.5 Å². The number of anilines is 10. The minimum atomic E-state index is -5.42. The van der Waals surface area contributed by atoms with Gasteiger partial charge in [-0.05, 0) is 106 Å². The number of nitrogens with one attached hydrogen (secondary N) is 4. The molecule has 4 atom stereocenters. The SMILES string of the molecule is Cc1ccc(SOO[O-])cc1Nc1nc(Nc2ccc(/C=C/c3ccc(Nc4nc(Nc5cc(S(=O)(=O)[O-])ccc5S(=O)(=O)[O-])nc(N(CC(C)O)CC(C)O)n4)cc3S(=O)(=O)[O-])c(S(=O)(=O)[O-])c2)nc(N(CC(C)O)CC(C)O)n1.[Na+].[Na+].[Na+].[Na+].[Na+]. The molecule has 41 heteroatoms. The van der Waals surface area contributed by atoms with Gasteiger partial charge in [0.2, 0.25) is 35.7 Å². The van der Waals surface area contributed by atoms with Crippen molar-refractivity contribution in [1.82, 2.24) is 29.9 Å². The smallest absolute Gasteiger partial charge is 0.744 e. The van der Waals surface area contributed by atoms with Crippen LogP contribution < -0.4 is 184 Å². The summed E-state index contributed by atoms with van der Waals surface area (Å²) in [6.45, 7) is 6.81. The molecule has 0 saturated carbocycles. The van der Waals surface area contributed by atoms with Crippen molar-refractivity contribution >= 4 is 123 Å². The molecule has 4 aromatic carbocycles. The predicted molar refractivity (Wildman–Crippen MR) is 283 cm³/mol. The van der Waals surface area contributed by atoms with Gasteiger partial charge in [-0.3, -0.25) is 5.04 Å². The van der Waals surface area contributed by atoms with E-state index in [1.54, 1.807) is 25.1 Å². The average molecular weight is 1340 g/mol. The van der Waals surface area contributed by atoms with Crippen LogP contribution in [-0.2, 0) is 49.8 Å². The van der Waals surface area contributed by atoms with Crippen molar-refractivity contribution in [3.8, 4) is 0 Å². The molecule has 6 rings (SSSR count). The molecule has 0 fully saturated rings. The second kappa shape index (κ2) is 35.8. The van der Waals surface area contributed by atoms with E-state index in [2.05, 4.69) is 60.5 Å². The van der Waals surface area contributed by atoms with E-state index in [4.69, 9.17) is 0 Å². The zero-order valence-electron chi connectivity index (χ0n) is 47.8. The van der Waals surface area contributed by atoms with E-state index < -0.39 is 102 Å². The van der Waals surface area contributed by atoms with Crippen LogP contribution in [0, 0.1) is 6.92 Å². The largest absolute Gasteiger partial charge is 1.00 e. The summed E-state index contributed by atoms with van der Waals surface area (Å²) < 4.78 is 153. The van der Waals surface area contributed by atoms with Crippen LogP contribution in [0.3, 0.4) is 0 Å². The van der Waals surface area contributed by atoms with E-state index in [0.29, 0.717) is 46.4 Å². The molecule has 438 valence electrons. The third kappa shape index (κ3) is 25.0. The summed E-state index contributed by atoms with van der Waals surface area (Å²) in [5, 5.41) is 65.8. The zero-order valence-corrected chi connectivity index (χ0v) is 61.8. The molecule has 8 N–H and O–H groups in total. The molecule has 0 saturated heterocycles. The fourth-order valence-electron chi connectivity index (χ4n) is 7.42. The van der Waals surface area contributed by atoms with Gasteiger partial charge < -0.3 is 75.0 Å². The molecular weight excluding hydrogens is 1290 g/mol. The Labute approximate surface area is 610 Å². The van der Waals surface area contributed by atoms with Crippen molar-refractivity contribution in [2.24, 2.45) is 0 Å². The van der Waals surface area contributed by atoms with E-state index in [1.807, 2.05) is 0 Å². The van der Waals surface area contributed by atoms with Crippen LogP contribution in [0.25, 0.3) is 12.2 Å². The Hall–Kier alpha value is -1.85. The van der Waals surface area contributed by atoms with Crippen molar-refractivity contribution in [3.05, 3.63) is 89.5 Å². The Kier molecular flexibility index (Phi) is 34.2. The summed E-state index contributed by atoms with van der Waals surface area (Å²) >= 11 is 0.611. The van der Waals surface area contributed by atoms with E-state index >= 15 is 0 Å². The first kappa shape index (κ1) is 82.2. The number of aliphatic hydroxyl groups is 4. The summed E-state index contributed by atoms with van der Waals surface area (Å²) in [5.41, 5.74) is -0.645. The van der Waals surface area contributed by atoms with E-state index in [9.17, 15) is 77.6 Å². The van der Waals surface area contributed by atoms with Gasteiger partial charge in [0.05, 0.1) is 61.7 Å². The monoisotopic (exact) mass is 1340 g/mol. The number of hydrogen-bond donors (Lipinski definition) is 8. The molecule has 86 heavy (non-hydrogen) atoms. The first-order chi connectivity index (χ1) is 37.7. The fourth-order valence-corrected chi connectivity index (χ4v) is 10.3. The van der Waals surface area contributed by atoms with Crippen molar-refractivity contribution in [2.75, 3.05) is 57.2 Å². The Bertz CT molecular complexity index is 3760. The number of aromatic nitrogens is 6. The molecule has 0 amide bonds. The first-order valence-electron chi connectivity index (χ1n) is 23.3. The number of nitrogens with zero attached hydrogens (tertiary/aromatic N) is 8. The maximum atomic E-state index is 12.8. The molecule has 2 aromatic heterocycles. The Balaban J connectivity index is 0.00000740. The van der Waals surface area contributed by atoms with Gasteiger partial charge in [0.25, 0.3) is 0 Å². The van der Waals surface area contributed by atoms with Crippen LogP contribution in [0.2, 0.25) is 0 Å². The molecule has 4 unspecified atom stereocenters. The van der Waals surface area contributed by atoms with Crippen molar-refractivity contribution < 1.29 is 235 Å². The van der Waals surface area contributed by atoms with Crippen LogP contribution in [-0.4, -0.2) is 153 Å². The maximum absolute atomic E-state index is 12.8. The van der Waals surface area contributed by atoms with E-state index in [-0.39, 0.29) is 220 Å². The van der Waals surface area contributed by atoms with Crippen LogP contribution in [0.5, 0.6) is 0 Å². The third-order valence-corrected chi connectivity index (χ3v) is 14.7. The number of aryl methyl sites for hydroxylation is 1. The van der Waals surface area contributed by atoms with Gasteiger partial charge in [-0.2, -0.15) is 34.2 Å². The van der Waals surface area contributed by atoms with Crippen molar-refractivity contribution in [2.45, 2.75) is 83.5 Å². The number of rotatable bonds is 27. The van der Waals surface area contributed by atoms with Gasteiger partial charge in [0.15, 0.2) is 0 Å². The second-order valence-electron chi connectivity index (χ2n) is 17.8. The number of benzene rings is 4. The quantitative estimate of drug-likeness (QED) is 0.00593. The minimum absolute atomic E-state index is 0.